The molecular formula is C16H24ClN3S. The zero-order valence-electron chi connectivity index (χ0n) is 13.3. The van der Waals surface area contributed by atoms with Crippen molar-refractivity contribution in [3.63, 3.8) is 0 Å². The lowest BCUT2D eigenvalue weighted by atomic mass is 10.1. The molecule has 0 N–H and O–H groups in total. The van der Waals surface area contributed by atoms with Crippen LogP contribution in [0.15, 0.2) is 11.4 Å². The summed E-state index contributed by atoms with van der Waals surface area (Å²) in [5.41, 5.74) is 0. The van der Waals surface area contributed by atoms with Crippen molar-refractivity contribution in [2.24, 2.45) is 5.92 Å². The van der Waals surface area contributed by atoms with Gasteiger partial charge in [-0.15, -0.1) is 11.3 Å². The molecule has 0 aliphatic carbocycles. The van der Waals surface area contributed by atoms with Crippen LogP contribution < -0.4 is 0 Å². The van der Waals surface area contributed by atoms with Gasteiger partial charge in [0.25, 0.3) is 0 Å². The third-order valence-corrected chi connectivity index (χ3v) is 4.82. The van der Waals surface area contributed by atoms with Gasteiger partial charge in [-0.05, 0) is 30.2 Å². The molecule has 3 nitrogen and oxygen atoms in total. The Bertz CT molecular complexity index is 578. The minimum atomic E-state index is 0.574. The van der Waals surface area contributed by atoms with Gasteiger partial charge in [-0.2, -0.15) is 0 Å². The Morgan fingerprint density at radius 3 is 2.57 bits per heavy atom. The summed E-state index contributed by atoms with van der Waals surface area (Å²) in [6.07, 6.45) is 2.30. The lowest BCUT2D eigenvalue weighted by molar-refractivity contribution is 0.154. The van der Waals surface area contributed by atoms with E-state index in [2.05, 4.69) is 42.6 Å². The zero-order chi connectivity index (χ0) is 15.4. The molecular weight excluding hydrogens is 302 g/mol. The minimum Gasteiger partial charge on any atom is -0.293 e. The van der Waals surface area contributed by atoms with Crippen molar-refractivity contribution in [2.75, 3.05) is 6.54 Å². The van der Waals surface area contributed by atoms with Crippen LogP contribution >= 0.6 is 22.9 Å². The van der Waals surface area contributed by atoms with E-state index in [0.29, 0.717) is 17.1 Å². The largest absolute Gasteiger partial charge is 0.293 e. The number of aromatic nitrogens is 2. The highest BCUT2D eigenvalue weighted by molar-refractivity contribution is 7.16. The highest BCUT2D eigenvalue weighted by Crippen LogP contribution is 2.25. The first-order valence-electron chi connectivity index (χ1n) is 7.68. The molecule has 0 amide bonds. The van der Waals surface area contributed by atoms with Crippen LogP contribution in [0.5, 0.6) is 0 Å². The average molecular weight is 326 g/mol. The fraction of sp³-hybridized carbons (Fsp3) is 0.625. The predicted molar refractivity (Wildman–Crippen MR) is 92.0 cm³/mol. The van der Waals surface area contributed by atoms with Crippen LogP contribution in [0.25, 0.3) is 10.2 Å². The quantitative estimate of drug-likeness (QED) is 0.671. The van der Waals surface area contributed by atoms with Crippen molar-refractivity contribution in [3.05, 3.63) is 22.4 Å². The Labute approximate surface area is 136 Å². The van der Waals surface area contributed by atoms with E-state index in [-0.39, 0.29) is 0 Å². The third kappa shape index (κ3) is 4.15. The first-order valence-corrected chi connectivity index (χ1v) is 8.94. The van der Waals surface area contributed by atoms with Gasteiger partial charge < -0.3 is 0 Å². The van der Waals surface area contributed by atoms with E-state index in [4.69, 9.17) is 11.6 Å². The third-order valence-electron chi connectivity index (χ3n) is 3.73. The van der Waals surface area contributed by atoms with Crippen molar-refractivity contribution in [2.45, 2.75) is 53.1 Å². The van der Waals surface area contributed by atoms with Gasteiger partial charge in [-0.1, -0.05) is 39.3 Å². The fourth-order valence-corrected chi connectivity index (χ4v) is 3.82. The van der Waals surface area contributed by atoms with Crippen molar-refractivity contribution in [1.29, 1.82) is 0 Å². The Morgan fingerprint density at radius 2 is 1.95 bits per heavy atom. The van der Waals surface area contributed by atoms with E-state index in [0.717, 1.165) is 42.0 Å². The Balaban J connectivity index is 2.24. The number of thiophene rings is 1. The Morgan fingerprint density at radius 1 is 1.24 bits per heavy atom. The van der Waals surface area contributed by atoms with E-state index in [1.165, 1.54) is 0 Å². The molecule has 116 valence electrons. The molecule has 0 unspecified atom stereocenters. The van der Waals surface area contributed by atoms with Crippen LogP contribution in [0.1, 0.15) is 46.4 Å². The molecule has 2 aromatic heterocycles. The molecule has 0 saturated heterocycles. The van der Waals surface area contributed by atoms with Gasteiger partial charge in [0.1, 0.15) is 15.8 Å². The standard InChI is InChI=1S/C16H24ClN3S/c1-5-12(6-2)20(9-11(3)4)10-14-18-15(17)13-7-8-21-16(13)19-14/h7-8,11-12H,5-6,9-10H2,1-4H3. The van der Waals surface area contributed by atoms with E-state index >= 15 is 0 Å². The van der Waals surface area contributed by atoms with Crippen molar-refractivity contribution in [3.8, 4) is 0 Å². The lowest BCUT2D eigenvalue weighted by Gasteiger charge is -2.31. The predicted octanol–water partition coefficient (Wildman–Crippen LogP) is 4.99. The van der Waals surface area contributed by atoms with Gasteiger partial charge in [0.05, 0.1) is 6.54 Å². The van der Waals surface area contributed by atoms with E-state index in [1.54, 1.807) is 11.3 Å². The smallest absolute Gasteiger partial charge is 0.145 e. The number of nitrogens with zero attached hydrogens (tertiary/aromatic N) is 3. The van der Waals surface area contributed by atoms with Gasteiger partial charge in [0.2, 0.25) is 0 Å². The molecule has 21 heavy (non-hydrogen) atoms. The second kappa shape index (κ2) is 7.52. The van der Waals surface area contributed by atoms with Crippen LogP contribution in [0.4, 0.5) is 0 Å². The summed E-state index contributed by atoms with van der Waals surface area (Å²) in [6, 6.07) is 2.56. The van der Waals surface area contributed by atoms with E-state index < -0.39 is 0 Å². The molecule has 0 atom stereocenters. The first kappa shape index (κ1) is 16.7. The second-order valence-corrected chi connectivity index (χ2v) is 7.12. The van der Waals surface area contributed by atoms with E-state index in [9.17, 15) is 0 Å². The number of hydrogen-bond donors (Lipinski definition) is 0. The summed E-state index contributed by atoms with van der Waals surface area (Å²) < 4.78 is 0. The monoisotopic (exact) mass is 325 g/mol. The second-order valence-electron chi connectivity index (χ2n) is 5.86. The molecule has 0 aliphatic rings. The van der Waals surface area contributed by atoms with Crippen LogP contribution in [-0.4, -0.2) is 27.5 Å². The number of halogens is 1. The fourth-order valence-electron chi connectivity index (χ4n) is 2.73. The van der Waals surface area contributed by atoms with Crippen LogP contribution in [0, 0.1) is 5.92 Å². The minimum absolute atomic E-state index is 0.574. The normalized spacial score (nSPS) is 12.2. The van der Waals surface area contributed by atoms with Gasteiger partial charge in [-0.3, -0.25) is 4.90 Å². The van der Waals surface area contributed by atoms with E-state index in [1.807, 2.05) is 11.4 Å². The maximum absolute atomic E-state index is 6.28. The molecule has 5 heteroatoms. The molecule has 2 rings (SSSR count). The highest BCUT2D eigenvalue weighted by atomic mass is 35.5. The number of rotatable bonds is 7. The molecule has 0 fully saturated rings. The Kier molecular flexibility index (Phi) is 5.97. The summed E-state index contributed by atoms with van der Waals surface area (Å²) in [6.45, 7) is 10.8. The van der Waals surface area contributed by atoms with Crippen LogP contribution in [0.2, 0.25) is 5.15 Å². The van der Waals surface area contributed by atoms with Crippen molar-refractivity contribution in [1.82, 2.24) is 14.9 Å². The highest BCUT2D eigenvalue weighted by Gasteiger charge is 2.18. The summed E-state index contributed by atoms with van der Waals surface area (Å²) in [7, 11) is 0. The maximum atomic E-state index is 6.28. The molecule has 0 bridgehead atoms. The van der Waals surface area contributed by atoms with Crippen LogP contribution in [-0.2, 0) is 6.54 Å². The van der Waals surface area contributed by atoms with Gasteiger partial charge in [-0.25, -0.2) is 9.97 Å². The SMILES string of the molecule is CCC(CC)N(Cc1nc(Cl)c2ccsc2n1)CC(C)C. The lowest BCUT2D eigenvalue weighted by Crippen LogP contribution is -2.37. The Hall–Kier alpha value is -0.710. The van der Waals surface area contributed by atoms with Gasteiger partial charge in [0.15, 0.2) is 0 Å². The molecule has 0 aromatic carbocycles. The van der Waals surface area contributed by atoms with Crippen molar-refractivity contribution < 1.29 is 0 Å². The van der Waals surface area contributed by atoms with Gasteiger partial charge >= 0.3 is 0 Å². The summed E-state index contributed by atoms with van der Waals surface area (Å²) in [4.78, 5) is 12.6. The maximum Gasteiger partial charge on any atom is 0.145 e. The van der Waals surface area contributed by atoms with Crippen molar-refractivity contribution >= 4 is 33.2 Å². The number of hydrogen-bond acceptors (Lipinski definition) is 4. The number of fused-ring (bicyclic) bond motifs is 1. The van der Waals surface area contributed by atoms with Gasteiger partial charge in [0, 0.05) is 18.0 Å². The molecule has 0 radical (unpaired) electrons. The zero-order valence-corrected chi connectivity index (χ0v) is 14.8. The van der Waals surface area contributed by atoms with Crippen LogP contribution in [0.3, 0.4) is 0 Å². The molecule has 0 spiro atoms. The summed E-state index contributed by atoms with van der Waals surface area (Å²) in [5, 5.41) is 3.55. The summed E-state index contributed by atoms with van der Waals surface area (Å²) >= 11 is 7.90. The molecule has 2 aromatic rings. The molecule has 0 saturated carbocycles. The first-order chi connectivity index (χ1) is 10.0. The molecule has 0 aliphatic heterocycles. The summed E-state index contributed by atoms with van der Waals surface area (Å²) in [5.74, 6) is 1.47. The average Bonchev–Trinajstić information content (AvgIpc) is 2.88. The topological polar surface area (TPSA) is 29.0 Å². The molecule has 2 heterocycles.